The van der Waals surface area contributed by atoms with Gasteiger partial charge in [-0.2, -0.15) is 26.3 Å². The fourth-order valence-electron chi connectivity index (χ4n) is 2.67. The van der Waals surface area contributed by atoms with Gasteiger partial charge in [0.2, 0.25) is 6.10 Å². The Balaban J connectivity index is 2.09. The highest BCUT2D eigenvalue weighted by molar-refractivity contribution is 6.51. The number of carbonyl (C=O) groups is 2. The Morgan fingerprint density at radius 1 is 1.03 bits per heavy atom. The Morgan fingerprint density at radius 2 is 1.70 bits per heavy atom. The first-order valence-electron chi connectivity index (χ1n) is 8.52. The number of para-hydroxylation sites is 1. The number of alkyl halides is 6. The molecule has 0 amide bonds. The normalized spacial score (nSPS) is 16.1. The molecule has 0 aliphatic carbocycles. The minimum atomic E-state index is -5.66. The van der Waals surface area contributed by atoms with Gasteiger partial charge in [0, 0.05) is 17.3 Å². The van der Waals surface area contributed by atoms with Crippen LogP contribution in [-0.2, 0) is 14.3 Å². The van der Waals surface area contributed by atoms with Crippen LogP contribution in [0.2, 0.25) is 0 Å². The Kier molecular flexibility index (Phi) is 6.20. The van der Waals surface area contributed by atoms with E-state index in [1.165, 1.54) is 12.1 Å². The monoisotopic (exact) mass is 499 g/mol. The van der Waals surface area contributed by atoms with Crippen LogP contribution in [0.5, 0.6) is 17.2 Å². The molecule has 2 N–H and O–H groups in total. The number of rotatable bonds is 3. The second kappa shape index (κ2) is 8.46. The molecule has 0 aromatic heterocycles. The summed E-state index contributed by atoms with van der Waals surface area (Å²) in [5.41, 5.74) is 3.44. The van der Waals surface area contributed by atoms with E-state index in [1.807, 2.05) is 0 Å². The van der Waals surface area contributed by atoms with Gasteiger partial charge in [0.05, 0.1) is 5.03 Å². The zero-order valence-electron chi connectivity index (χ0n) is 15.7. The summed E-state index contributed by atoms with van der Waals surface area (Å²) in [6, 6.07) is 6.51. The van der Waals surface area contributed by atoms with E-state index in [9.17, 15) is 40.3 Å². The van der Waals surface area contributed by atoms with E-state index in [0.717, 1.165) is 24.3 Å². The summed E-state index contributed by atoms with van der Waals surface area (Å²) in [4.78, 5) is 22.9. The van der Waals surface area contributed by atoms with E-state index >= 15 is 0 Å². The van der Waals surface area contributed by atoms with E-state index < -0.39 is 69.6 Å². The van der Waals surface area contributed by atoms with Crippen molar-refractivity contribution in [3.8, 4) is 17.2 Å². The molecule has 0 radical (unpaired) electrons. The number of benzene rings is 2. The van der Waals surface area contributed by atoms with Crippen molar-refractivity contribution in [1.82, 2.24) is 0 Å². The number of hydrogen-bond acceptors (Lipinski definition) is 6. The molecule has 0 bridgehead atoms. The molecule has 0 saturated carbocycles. The SMILES string of the molecule is Nc1ccc(Oc2cccc3c2OC(C(F)(F)F)C(C(=O)OC(=O)C(F)(F)F)=C3Cl)c(F)c1. The Morgan fingerprint density at radius 3 is 2.27 bits per heavy atom. The highest BCUT2D eigenvalue weighted by Gasteiger charge is 2.53. The van der Waals surface area contributed by atoms with Crippen molar-refractivity contribution >= 4 is 34.3 Å². The second-order valence-corrected chi connectivity index (χ2v) is 6.74. The largest absolute Gasteiger partial charge is 0.491 e. The lowest BCUT2D eigenvalue weighted by atomic mass is 10.0. The van der Waals surface area contributed by atoms with E-state index in [-0.39, 0.29) is 5.69 Å². The molecular formula is C19H9ClF7NO5. The second-order valence-electron chi connectivity index (χ2n) is 6.37. The number of esters is 2. The zero-order chi connectivity index (χ0) is 24.7. The van der Waals surface area contributed by atoms with Crippen LogP contribution in [-0.4, -0.2) is 30.4 Å². The molecule has 3 rings (SSSR count). The van der Waals surface area contributed by atoms with Gasteiger partial charge in [-0.1, -0.05) is 17.7 Å². The maximum atomic E-state index is 14.1. The summed E-state index contributed by atoms with van der Waals surface area (Å²) in [5.74, 6) is -7.95. The van der Waals surface area contributed by atoms with Gasteiger partial charge in [-0.25, -0.2) is 14.0 Å². The van der Waals surface area contributed by atoms with Crippen LogP contribution in [0, 0.1) is 5.82 Å². The van der Waals surface area contributed by atoms with Gasteiger partial charge in [-0.3, -0.25) is 0 Å². The number of anilines is 1. The Labute approximate surface area is 184 Å². The Bertz CT molecular complexity index is 1160. The van der Waals surface area contributed by atoms with Gasteiger partial charge in [-0.15, -0.1) is 0 Å². The molecule has 33 heavy (non-hydrogen) atoms. The van der Waals surface area contributed by atoms with Crippen LogP contribution in [0.25, 0.3) is 5.03 Å². The van der Waals surface area contributed by atoms with E-state index in [1.54, 1.807) is 0 Å². The topological polar surface area (TPSA) is 87.8 Å². The quantitative estimate of drug-likeness (QED) is 0.273. The van der Waals surface area contributed by atoms with Gasteiger partial charge in [0.1, 0.15) is 5.57 Å². The third kappa shape index (κ3) is 4.97. The van der Waals surface area contributed by atoms with E-state index in [0.29, 0.717) is 0 Å². The molecule has 0 spiro atoms. The van der Waals surface area contributed by atoms with Gasteiger partial charge in [-0.05, 0) is 24.3 Å². The highest BCUT2D eigenvalue weighted by Crippen LogP contribution is 2.48. The summed E-state index contributed by atoms with van der Waals surface area (Å²) in [6.07, 6.45) is -14.3. The van der Waals surface area contributed by atoms with Crippen LogP contribution in [0.1, 0.15) is 5.56 Å². The third-order valence-electron chi connectivity index (χ3n) is 4.06. The van der Waals surface area contributed by atoms with Gasteiger partial charge in [0.15, 0.2) is 23.1 Å². The van der Waals surface area contributed by atoms with Crippen molar-refractivity contribution in [2.75, 3.05) is 5.73 Å². The predicted octanol–water partition coefficient (Wildman–Crippen LogP) is 5.11. The average Bonchev–Trinajstić information content (AvgIpc) is 2.68. The van der Waals surface area contributed by atoms with Gasteiger partial charge < -0.3 is 19.9 Å². The molecule has 1 aliphatic heterocycles. The first-order valence-corrected chi connectivity index (χ1v) is 8.90. The van der Waals surface area contributed by atoms with Crippen LogP contribution < -0.4 is 15.2 Å². The lowest BCUT2D eigenvalue weighted by Crippen LogP contribution is -2.42. The van der Waals surface area contributed by atoms with E-state index in [4.69, 9.17) is 26.8 Å². The number of nitrogens with two attached hydrogens (primary N) is 1. The van der Waals surface area contributed by atoms with Crippen LogP contribution >= 0.6 is 11.6 Å². The maximum Gasteiger partial charge on any atom is 0.491 e. The van der Waals surface area contributed by atoms with Gasteiger partial charge >= 0.3 is 24.3 Å². The van der Waals surface area contributed by atoms with Crippen LogP contribution in [0.4, 0.5) is 36.4 Å². The molecule has 176 valence electrons. The first-order chi connectivity index (χ1) is 15.2. The van der Waals surface area contributed by atoms with Crippen molar-refractivity contribution in [2.24, 2.45) is 0 Å². The van der Waals surface area contributed by atoms with Gasteiger partial charge in [0.25, 0.3) is 0 Å². The fraction of sp³-hybridized carbons (Fsp3) is 0.158. The summed E-state index contributed by atoms with van der Waals surface area (Å²) < 4.78 is 106. The highest BCUT2D eigenvalue weighted by atomic mass is 35.5. The summed E-state index contributed by atoms with van der Waals surface area (Å²) in [5, 5.41) is -1.01. The third-order valence-corrected chi connectivity index (χ3v) is 4.47. The first kappa shape index (κ1) is 24.2. The molecule has 1 aliphatic rings. The zero-order valence-corrected chi connectivity index (χ0v) is 16.4. The van der Waals surface area contributed by atoms with Crippen molar-refractivity contribution in [3.05, 3.63) is 53.4 Å². The minimum absolute atomic E-state index is 0.0332. The predicted molar refractivity (Wildman–Crippen MR) is 97.7 cm³/mol. The van der Waals surface area contributed by atoms with Crippen molar-refractivity contribution in [3.63, 3.8) is 0 Å². The fourth-order valence-corrected chi connectivity index (χ4v) is 3.00. The van der Waals surface area contributed by atoms with Crippen molar-refractivity contribution in [1.29, 1.82) is 0 Å². The summed E-state index contributed by atoms with van der Waals surface area (Å²) >= 11 is 5.89. The Hall–Kier alpha value is -3.48. The number of fused-ring (bicyclic) bond motifs is 1. The van der Waals surface area contributed by atoms with Crippen molar-refractivity contribution in [2.45, 2.75) is 18.5 Å². The molecule has 0 fully saturated rings. The molecule has 2 aromatic rings. The molecule has 6 nitrogen and oxygen atoms in total. The molecule has 2 aromatic carbocycles. The molecular weight excluding hydrogens is 491 g/mol. The summed E-state index contributed by atoms with van der Waals surface area (Å²) in [7, 11) is 0. The lowest BCUT2D eigenvalue weighted by Gasteiger charge is -2.30. The number of nitrogen functional groups attached to an aromatic ring is 1. The number of halogens is 8. The molecule has 14 heteroatoms. The molecule has 1 heterocycles. The number of ether oxygens (including phenoxy) is 3. The molecule has 0 saturated heterocycles. The van der Waals surface area contributed by atoms with Crippen LogP contribution in [0.3, 0.4) is 0 Å². The van der Waals surface area contributed by atoms with Crippen molar-refractivity contribution < 1.29 is 54.5 Å². The standard InChI is InChI=1S/C19H9ClF7NO5/c20-13-8-2-1-3-11(31-10-5-4-7(28)6-9(10)21)14(8)32-15(18(22,23)24)12(13)16(29)33-17(30)19(25,26)27/h1-6,15H,28H2. The van der Waals surface area contributed by atoms with Crippen LogP contribution in [0.15, 0.2) is 42.0 Å². The molecule has 1 atom stereocenters. The average molecular weight is 500 g/mol. The van der Waals surface area contributed by atoms with E-state index in [2.05, 4.69) is 4.74 Å². The maximum absolute atomic E-state index is 14.1. The minimum Gasteiger partial charge on any atom is -0.471 e. The summed E-state index contributed by atoms with van der Waals surface area (Å²) in [6.45, 7) is 0. The number of carbonyl (C=O) groups excluding carboxylic acids is 2. The smallest absolute Gasteiger partial charge is 0.471 e. The molecule has 1 unspecified atom stereocenters. The lowest BCUT2D eigenvalue weighted by molar-refractivity contribution is -0.204. The number of hydrogen-bond donors (Lipinski definition) is 1.